The second-order valence-corrected chi connectivity index (χ2v) is 7.49. The normalized spacial score (nSPS) is 16.8. The van der Waals surface area contributed by atoms with Gasteiger partial charge in [-0.2, -0.15) is 4.31 Å². The molecular formula is C13H21N5O3S. The maximum atomic E-state index is 11.9. The summed E-state index contributed by atoms with van der Waals surface area (Å²) in [5.74, 6) is 0.423. The quantitative estimate of drug-likeness (QED) is 0.780. The first kappa shape index (κ1) is 16.6. The summed E-state index contributed by atoms with van der Waals surface area (Å²) in [7, 11) is -1.94. The van der Waals surface area contributed by atoms with E-state index in [4.69, 9.17) is 0 Å². The molecule has 0 unspecified atom stereocenters. The van der Waals surface area contributed by atoms with Gasteiger partial charge in [-0.1, -0.05) is 0 Å². The van der Waals surface area contributed by atoms with Crippen molar-refractivity contribution in [3.8, 4) is 0 Å². The number of carbonyl (C=O) groups is 1. The Morgan fingerprint density at radius 1 is 1.36 bits per heavy atom. The fourth-order valence-corrected chi connectivity index (χ4v) is 2.62. The number of nitrogens with zero attached hydrogens (tertiary/aromatic N) is 4. The van der Waals surface area contributed by atoms with Crippen molar-refractivity contribution in [1.82, 2.24) is 19.6 Å². The topological polar surface area (TPSA) is 95.5 Å². The summed E-state index contributed by atoms with van der Waals surface area (Å²) in [4.78, 5) is 22.4. The molecule has 122 valence electrons. The molecule has 8 nitrogen and oxygen atoms in total. The van der Waals surface area contributed by atoms with Crippen LogP contribution in [0.2, 0.25) is 0 Å². The molecule has 1 aliphatic heterocycles. The van der Waals surface area contributed by atoms with E-state index in [9.17, 15) is 13.2 Å². The largest absolute Gasteiger partial charge is 0.352 e. The number of carbonyl (C=O) groups excluding carboxylic acids is 1. The van der Waals surface area contributed by atoms with Crippen molar-refractivity contribution >= 4 is 21.9 Å². The number of hydrogen-bond donors (Lipinski definition) is 1. The minimum atomic E-state index is -3.34. The highest BCUT2D eigenvalue weighted by Gasteiger charge is 2.23. The number of nitrogens with one attached hydrogen (secondary N) is 1. The first-order valence-corrected chi connectivity index (χ1v) is 8.94. The number of aromatic nitrogens is 2. The Labute approximate surface area is 130 Å². The Balaban J connectivity index is 1.79. The molecule has 0 aliphatic carbocycles. The molecule has 2 heterocycles. The molecule has 0 radical (unpaired) electrons. The minimum Gasteiger partial charge on any atom is -0.352 e. The summed E-state index contributed by atoms with van der Waals surface area (Å²) in [5, 5.41) is 2.88. The van der Waals surface area contributed by atoms with Crippen LogP contribution in [0.15, 0.2) is 18.5 Å². The second kappa shape index (κ2) is 7.01. The van der Waals surface area contributed by atoms with Crippen LogP contribution in [0, 0.1) is 0 Å². The van der Waals surface area contributed by atoms with Gasteiger partial charge in [0.2, 0.25) is 21.9 Å². The number of piperidine rings is 1. The SMILES string of the molecule is CN(CC(=O)NC1CCN(c2ncccn2)CC1)S(C)(=O)=O. The lowest BCUT2D eigenvalue weighted by molar-refractivity contribution is -0.121. The zero-order valence-corrected chi connectivity index (χ0v) is 13.6. The Hall–Kier alpha value is -1.74. The monoisotopic (exact) mass is 327 g/mol. The predicted octanol–water partition coefficient (Wildman–Crippen LogP) is -0.547. The molecule has 9 heteroatoms. The number of anilines is 1. The van der Waals surface area contributed by atoms with Crippen LogP contribution in [0.5, 0.6) is 0 Å². The molecular weight excluding hydrogens is 306 g/mol. The van der Waals surface area contributed by atoms with Crippen LogP contribution >= 0.6 is 0 Å². The van der Waals surface area contributed by atoms with Gasteiger partial charge in [0.15, 0.2) is 0 Å². The van der Waals surface area contributed by atoms with Gasteiger partial charge in [-0.05, 0) is 18.9 Å². The van der Waals surface area contributed by atoms with Gasteiger partial charge in [-0.3, -0.25) is 4.79 Å². The van der Waals surface area contributed by atoms with Crippen molar-refractivity contribution in [3.63, 3.8) is 0 Å². The van der Waals surface area contributed by atoms with Gasteiger partial charge in [-0.25, -0.2) is 18.4 Å². The van der Waals surface area contributed by atoms with E-state index in [1.54, 1.807) is 18.5 Å². The molecule has 0 spiro atoms. The fourth-order valence-electron chi connectivity index (χ4n) is 2.27. The predicted molar refractivity (Wildman–Crippen MR) is 82.9 cm³/mol. The molecule has 0 bridgehead atoms. The lowest BCUT2D eigenvalue weighted by Gasteiger charge is -2.32. The first-order chi connectivity index (χ1) is 10.4. The maximum absolute atomic E-state index is 11.9. The van der Waals surface area contributed by atoms with Crippen molar-refractivity contribution in [2.24, 2.45) is 0 Å². The molecule has 0 aromatic carbocycles. The third kappa shape index (κ3) is 4.63. The molecule has 1 amide bonds. The molecule has 1 aromatic heterocycles. The van der Waals surface area contributed by atoms with Crippen LogP contribution in [0.3, 0.4) is 0 Å². The Morgan fingerprint density at radius 3 is 2.50 bits per heavy atom. The van der Waals surface area contributed by atoms with Crippen molar-refractivity contribution in [1.29, 1.82) is 0 Å². The zero-order valence-electron chi connectivity index (χ0n) is 12.8. The third-order valence-electron chi connectivity index (χ3n) is 3.63. The number of hydrogen-bond acceptors (Lipinski definition) is 6. The summed E-state index contributed by atoms with van der Waals surface area (Å²) in [6, 6.07) is 1.83. The van der Waals surface area contributed by atoms with Crippen molar-refractivity contribution < 1.29 is 13.2 Å². The van der Waals surface area contributed by atoms with Crippen molar-refractivity contribution in [2.45, 2.75) is 18.9 Å². The van der Waals surface area contributed by atoms with E-state index in [2.05, 4.69) is 20.2 Å². The van der Waals surface area contributed by atoms with Crippen LogP contribution in [0.4, 0.5) is 5.95 Å². The van der Waals surface area contributed by atoms with Crippen molar-refractivity contribution in [3.05, 3.63) is 18.5 Å². The first-order valence-electron chi connectivity index (χ1n) is 7.09. The Morgan fingerprint density at radius 2 is 1.95 bits per heavy atom. The van der Waals surface area contributed by atoms with E-state index in [0.717, 1.165) is 36.5 Å². The zero-order chi connectivity index (χ0) is 16.2. The molecule has 0 saturated carbocycles. The summed E-state index contributed by atoms with van der Waals surface area (Å²) in [5.41, 5.74) is 0. The maximum Gasteiger partial charge on any atom is 0.235 e. The second-order valence-electron chi connectivity index (χ2n) is 5.40. The third-order valence-corrected chi connectivity index (χ3v) is 4.89. The minimum absolute atomic E-state index is 0.0559. The molecule has 1 saturated heterocycles. The van der Waals surface area contributed by atoms with Gasteiger partial charge in [0, 0.05) is 38.6 Å². The summed E-state index contributed by atoms with van der Waals surface area (Å²) < 4.78 is 23.6. The van der Waals surface area contributed by atoms with Gasteiger partial charge in [-0.15, -0.1) is 0 Å². The van der Waals surface area contributed by atoms with Crippen LogP contribution < -0.4 is 10.2 Å². The number of rotatable bonds is 5. The molecule has 1 N–H and O–H groups in total. The summed E-state index contributed by atoms with van der Waals surface area (Å²) in [6.45, 7) is 1.37. The molecule has 1 aromatic rings. The Kier molecular flexibility index (Phi) is 5.30. The van der Waals surface area contributed by atoms with Gasteiger partial charge in [0.05, 0.1) is 12.8 Å². The van der Waals surface area contributed by atoms with E-state index in [1.165, 1.54) is 7.05 Å². The number of sulfonamides is 1. The van der Waals surface area contributed by atoms with Crippen molar-refractivity contribution in [2.75, 3.05) is 37.8 Å². The van der Waals surface area contributed by atoms with Gasteiger partial charge < -0.3 is 10.2 Å². The van der Waals surface area contributed by atoms with E-state index in [0.29, 0.717) is 5.95 Å². The van der Waals surface area contributed by atoms with E-state index in [1.807, 2.05) is 0 Å². The standard InChI is InChI=1S/C13H21N5O3S/c1-17(22(2,20)21)10-12(19)16-11-4-8-18(9-5-11)13-14-6-3-7-15-13/h3,6-7,11H,4-5,8-10H2,1-2H3,(H,16,19). The lowest BCUT2D eigenvalue weighted by atomic mass is 10.1. The van der Waals surface area contributed by atoms with Crippen LogP contribution in [0.1, 0.15) is 12.8 Å². The molecule has 1 aliphatic rings. The molecule has 2 rings (SSSR count). The van der Waals surface area contributed by atoms with Crippen LogP contribution in [-0.2, 0) is 14.8 Å². The average Bonchev–Trinajstić information content (AvgIpc) is 2.48. The lowest BCUT2D eigenvalue weighted by Crippen LogP contribution is -2.48. The highest BCUT2D eigenvalue weighted by molar-refractivity contribution is 7.88. The molecule has 0 atom stereocenters. The fraction of sp³-hybridized carbons (Fsp3) is 0.615. The van der Waals surface area contributed by atoms with Crippen LogP contribution in [-0.4, -0.2) is 67.6 Å². The van der Waals surface area contributed by atoms with Crippen LogP contribution in [0.25, 0.3) is 0 Å². The Bertz CT molecular complexity index is 599. The number of likely N-dealkylation sites (N-methyl/N-ethyl adjacent to an activating group) is 1. The average molecular weight is 327 g/mol. The van der Waals surface area contributed by atoms with E-state index in [-0.39, 0.29) is 18.5 Å². The molecule has 22 heavy (non-hydrogen) atoms. The van der Waals surface area contributed by atoms with Gasteiger partial charge >= 0.3 is 0 Å². The highest BCUT2D eigenvalue weighted by Crippen LogP contribution is 2.15. The highest BCUT2D eigenvalue weighted by atomic mass is 32.2. The summed E-state index contributed by atoms with van der Waals surface area (Å²) >= 11 is 0. The van der Waals surface area contributed by atoms with E-state index < -0.39 is 10.0 Å². The smallest absolute Gasteiger partial charge is 0.235 e. The van der Waals surface area contributed by atoms with Gasteiger partial charge in [0.25, 0.3) is 0 Å². The van der Waals surface area contributed by atoms with E-state index >= 15 is 0 Å². The number of amides is 1. The molecule has 1 fully saturated rings. The van der Waals surface area contributed by atoms with Gasteiger partial charge in [0.1, 0.15) is 0 Å². The summed E-state index contributed by atoms with van der Waals surface area (Å²) in [6.07, 6.45) is 6.06.